The Morgan fingerprint density at radius 1 is 1.38 bits per heavy atom. The van der Waals surface area contributed by atoms with Gasteiger partial charge in [-0.15, -0.1) is 0 Å². The molecule has 1 N–H and O–H groups in total. The van der Waals surface area contributed by atoms with E-state index in [4.69, 9.17) is 16.7 Å². The topological polar surface area (TPSA) is 74.7 Å². The maximum Gasteiger partial charge on any atom is 0.318 e. The van der Waals surface area contributed by atoms with Gasteiger partial charge in [-0.1, -0.05) is 30.5 Å². The third-order valence-electron chi connectivity index (χ3n) is 3.53. The molecule has 0 unspecified atom stereocenters. The quantitative estimate of drug-likeness (QED) is 0.897. The zero-order valence-electron chi connectivity index (χ0n) is 11.1. The van der Waals surface area contributed by atoms with Gasteiger partial charge in [0.15, 0.2) is 5.82 Å². The maximum absolute atomic E-state index is 14.0. The zero-order valence-corrected chi connectivity index (χ0v) is 12.7. The number of rotatable bonds is 5. The molecule has 2 rings (SSSR count). The number of halogens is 2. The molecule has 0 aromatic heterocycles. The van der Waals surface area contributed by atoms with Gasteiger partial charge in [-0.05, 0) is 25.0 Å². The van der Waals surface area contributed by atoms with Gasteiger partial charge >= 0.3 is 5.97 Å². The highest BCUT2D eigenvalue weighted by atomic mass is 35.5. The molecule has 0 atom stereocenters. The van der Waals surface area contributed by atoms with Crippen LogP contribution in [-0.4, -0.2) is 36.4 Å². The number of carboxylic acid groups (broad SMARTS) is 1. The van der Waals surface area contributed by atoms with E-state index in [1.54, 1.807) is 0 Å². The normalized spacial score (nSPS) is 16.5. The lowest BCUT2D eigenvalue weighted by atomic mass is 10.2. The van der Waals surface area contributed by atoms with Crippen LogP contribution in [0.2, 0.25) is 5.02 Å². The van der Waals surface area contributed by atoms with Crippen LogP contribution in [0.4, 0.5) is 4.39 Å². The first kappa shape index (κ1) is 16.2. The van der Waals surface area contributed by atoms with Crippen molar-refractivity contribution in [3.63, 3.8) is 0 Å². The fraction of sp³-hybridized carbons (Fsp3) is 0.462. The van der Waals surface area contributed by atoms with E-state index in [1.165, 1.54) is 12.1 Å². The molecule has 1 aromatic carbocycles. The van der Waals surface area contributed by atoms with Gasteiger partial charge in [-0.25, -0.2) is 12.8 Å². The molecule has 116 valence electrons. The summed E-state index contributed by atoms with van der Waals surface area (Å²) in [5.41, 5.74) is 0. The highest BCUT2D eigenvalue weighted by Gasteiger charge is 2.36. The SMILES string of the molecule is O=C(O)CN(C1CCCC1)S(=O)(=O)c1cccc(Cl)c1F. The predicted octanol–water partition coefficient (Wildman–Crippen LogP) is 2.50. The molecule has 0 amide bonds. The van der Waals surface area contributed by atoms with Crippen molar-refractivity contribution >= 4 is 27.6 Å². The van der Waals surface area contributed by atoms with E-state index < -0.39 is 39.3 Å². The molecule has 0 radical (unpaired) electrons. The first-order valence-electron chi connectivity index (χ1n) is 6.51. The molecule has 1 aromatic rings. The second kappa shape index (κ2) is 6.29. The number of sulfonamides is 1. The van der Waals surface area contributed by atoms with Gasteiger partial charge in [0.25, 0.3) is 0 Å². The lowest BCUT2D eigenvalue weighted by Crippen LogP contribution is -2.42. The first-order valence-corrected chi connectivity index (χ1v) is 8.33. The Hall–Kier alpha value is -1.18. The smallest absolute Gasteiger partial charge is 0.318 e. The fourth-order valence-corrected chi connectivity index (χ4v) is 4.50. The van der Waals surface area contributed by atoms with E-state index >= 15 is 0 Å². The van der Waals surface area contributed by atoms with Crippen LogP contribution in [0.25, 0.3) is 0 Å². The summed E-state index contributed by atoms with van der Waals surface area (Å²) in [6, 6.07) is 3.25. The molecule has 0 heterocycles. The second-order valence-corrected chi connectivity index (χ2v) is 7.20. The van der Waals surface area contributed by atoms with Crippen LogP contribution in [0.15, 0.2) is 23.1 Å². The molecule has 0 aliphatic heterocycles. The van der Waals surface area contributed by atoms with Gasteiger partial charge in [-0.3, -0.25) is 4.79 Å². The number of aliphatic carboxylic acids is 1. The standard InChI is InChI=1S/C13H15ClFNO4S/c14-10-6-3-7-11(13(10)15)21(19,20)16(8-12(17)18)9-4-1-2-5-9/h3,6-7,9H,1-2,4-5,8H2,(H,17,18). The summed E-state index contributed by atoms with van der Waals surface area (Å²) in [6.45, 7) is -0.682. The zero-order chi connectivity index (χ0) is 15.6. The van der Waals surface area contributed by atoms with Crippen LogP contribution in [-0.2, 0) is 14.8 Å². The third-order valence-corrected chi connectivity index (χ3v) is 5.73. The Balaban J connectivity index is 2.45. The fourth-order valence-electron chi connectivity index (χ4n) is 2.55. The van der Waals surface area contributed by atoms with Crippen LogP contribution < -0.4 is 0 Å². The number of benzene rings is 1. The summed E-state index contributed by atoms with van der Waals surface area (Å²) in [5, 5.41) is 8.64. The Labute approximate surface area is 127 Å². The van der Waals surface area contributed by atoms with Crippen molar-refractivity contribution in [1.82, 2.24) is 4.31 Å². The van der Waals surface area contributed by atoms with Crippen molar-refractivity contribution in [2.24, 2.45) is 0 Å². The molecular weight excluding hydrogens is 321 g/mol. The molecule has 8 heteroatoms. The lowest BCUT2D eigenvalue weighted by molar-refractivity contribution is -0.137. The molecule has 1 aliphatic rings. The van der Waals surface area contributed by atoms with Crippen molar-refractivity contribution in [2.45, 2.75) is 36.6 Å². The highest BCUT2D eigenvalue weighted by molar-refractivity contribution is 7.89. The Morgan fingerprint density at radius 3 is 2.57 bits per heavy atom. The van der Waals surface area contributed by atoms with E-state index in [1.807, 2.05) is 0 Å². The summed E-state index contributed by atoms with van der Waals surface area (Å²) >= 11 is 5.62. The second-order valence-electron chi connectivity index (χ2n) is 4.93. The third kappa shape index (κ3) is 3.36. The van der Waals surface area contributed by atoms with Crippen LogP contribution in [0, 0.1) is 5.82 Å². The number of carbonyl (C=O) groups is 1. The highest BCUT2D eigenvalue weighted by Crippen LogP contribution is 2.31. The van der Waals surface area contributed by atoms with E-state index in [9.17, 15) is 17.6 Å². The minimum Gasteiger partial charge on any atom is -0.480 e. The molecule has 0 saturated heterocycles. The molecule has 1 saturated carbocycles. The van der Waals surface area contributed by atoms with Gasteiger partial charge in [0.05, 0.1) is 5.02 Å². The lowest BCUT2D eigenvalue weighted by Gasteiger charge is -2.26. The molecule has 5 nitrogen and oxygen atoms in total. The van der Waals surface area contributed by atoms with E-state index in [0.29, 0.717) is 12.8 Å². The predicted molar refractivity (Wildman–Crippen MR) is 75.2 cm³/mol. The van der Waals surface area contributed by atoms with Crippen molar-refractivity contribution in [3.05, 3.63) is 29.0 Å². The molecule has 1 fully saturated rings. The number of hydrogen-bond acceptors (Lipinski definition) is 3. The first-order chi connectivity index (χ1) is 9.84. The van der Waals surface area contributed by atoms with Gasteiger partial charge in [-0.2, -0.15) is 4.31 Å². The maximum atomic E-state index is 14.0. The summed E-state index contributed by atoms with van der Waals surface area (Å²) in [6.07, 6.45) is 2.81. The number of hydrogen-bond donors (Lipinski definition) is 1. The molecular formula is C13H15ClFNO4S. The van der Waals surface area contributed by atoms with E-state index in [-0.39, 0.29) is 5.02 Å². The average molecular weight is 336 g/mol. The molecule has 0 bridgehead atoms. The van der Waals surface area contributed by atoms with Crippen LogP contribution in [0.3, 0.4) is 0 Å². The summed E-state index contributed by atoms with van der Waals surface area (Å²) in [4.78, 5) is 10.4. The summed E-state index contributed by atoms with van der Waals surface area (Å²) in [7, 11) is -4.24. The van der Waals surface area contributed by atoms with Crippen LogP contribution in [0.1, 0.15) is 25.7 Å². The van der Waals surface area contributed by atoms with E-state index in [2.05, 4.69) is 0 Å². The molecule has 21 heavy (non-hydrogen) atoms. The van der Waals surface area contributed by atoms with Crippen molar-refractivity contribution in [1.29, 1.82) is 0 Å². The van der Waals surface area contributed by atoms with Crippen LogP contribution >= 0.6 is 11.6 Å². The van der Waals surface area contributed by atoms with Crippen molar-refractivity contribution in [3.8, 4) is 0 Å². The van der Waals surface area contributed by atoms with Gasteiger partial charge in [0, 0.05) is 6.04 Å². The van der Waals surface area contributed by atoms with Crippen LogP contribution in [0.5, 0.6) is 0 Å². The minimum atomic E-state index is -4.24. The molecule has 1 aliphatic carbocycles. The minimum absolute atomic E-state index is 0.308. The number of carboxylic acids is 1. The van der Waals surface area contributed by atoms with E-state index in [0.717, 1.165) is 23.2 Å². The Morgan fingerprint density at radius 2 is 2.00 bits per heavy atom. The average Bonchev–Trinajstić information content (AvgIpc) is 2.92. The van der Waals surface area contributed by atoms with Gasteiger partial charge < -0.3 is 5.11 Å². The summed E-state index contributed by atoms with van der Waals surface area (Å²) in [5.74, 6) is -2.32. The van der Waals surface area contributed by atoms with Gasteiger partial charge in [0.2, 0.25) is 10.0 Å². The Bertz CT molecular complexity index is 644. The number of nitrogens with zero attached hydrogens (tertiary/aromatic N) is 1. The molecule has 0 spiro atoms. The van der Waals surface area contributed by atoms with Gasteiger partial charge in [0.1, 0.15) is 11.4 Å². The monoisotopic (exact) mass is 335 g/mol. The Kier molecular flexibility index (Phi) is 4.85. The van der Waals surface area contributed by atoms with Crippen molar-refractivity contribution < 1.29 is 22.7 Å². The summed E-state index contributed by atoms with van der Waals surface area (Å²) < 4.78 is 40.1. The van der Waals surface area contributed by atoms with Crippen molar-refractivity contribution in [2.75, 3.05) is 6.54 Å². The largest absolute Gasteiger partial charge is 0.480 e.